The number of esters is 2. The maximum absolute atomic E-state index is 12.4. The fourth-order valence-electron chi connectivity index (χ4n) is 5.66. The molecule has 0 aromatic rings. The topological polar surface area (TPSA) is 180 Å². The van der Waals surface area contributed by atoms with Gasteiger partial charge >= 0.3 is 19.8 Å². The summed E-state index contributed by atoms with van der Waals surface area (Å²) < 4.78 is 26.2. The van der Waals surface area contributed by atoms with Gasteiger partial charge in [0.1, 0.15) is 6.61 Å². The first-order chi connectivity index (χ1) is 26.5. The van der Waals surface area contributed by atoms with Crippen LogP contribution >= 0.6 is 7.82 Å². The summed E-state index contributed by atoms with van der Waals surface area (Å²) >= 11 is 0. The Kier molecular flexibility index (Phi) is 35.6. The Labute approximate surface area is 332 Å². The number of unbranched alkanes of at least 4 members (excludes halogenated alkanes) is 16. The molecule has 4 atom stereocenters. The van der Waals surface area contributed by atoms with Crippen LogP contribution < -0.4 is 0 Å². The summed E-state index contributed by atoms with van der Waals surface area (Å²) in [6.07, 6.45) is 36.0. The van der Waals surface area contributed by atoms with Gasteiger partial charge in [-0.25, -0.2) is 4.57 Å². The Morgan fingerprint density at radius 2 is 1.09 bits per heavy atom. The molecule has 0 aliphatic rings. The van der Waals surface area contributed by atoms with E-state index in [1.807, 2.05) is 19.1 Å². The van der Waals surface area contributed by atoms with Crippen molar-refractivity contribution in [3.63, 3.8) is 0 Å². The first-order valence-electron chi connectivity index (χ1n) is 20.9. The highest BCUT2D eigenvalue weighted by Crippen LogP contribution is 2.36. The van der Waals surface area contributed by atoms with E-state index in [9.17, 15) is 29.5 Å². The lowest BCUT2D eigenvalue weighted by Crippen LogP contribution is -2.29. The van der Waals surface area contributed by atoms with Crippen molar-refractivity contribution < 1.29 is 53.3 Å². The third-order valence-corrected chi connectivity index (χ3v) is 9.38. The third-order valence-electron chi connectivity index (χ3n) is 8.89. The molecule has 0 aliphatic carbocycles. The lowest BCUT2D eigenvalue weighted by atomic mass is 10.0. The number of phosphoric acid groups is 1. The zero-order valence-corrected chi connectivity index (χ0v) is 34.8. The van der Waals surface area contributed by atoms with Gasteiger partial charge in [-0.15, -0.1) is 0 Å². The van der Waals surface area contributed by atoms with E-state index in [0.29, 0.717) is 12.8 Å². The number of aliphatic hydroxyl groups excluding tert-OH is 3. The number of hydrogen-bond acceptors (Lipinski definition) is 9. The Morgan fingerprint density at radius 1 is 0.600 bits per heavy atom. The van der Waals surface area contributed by atoms with Gasteiger partial charge in [0.2, 0.25) is 0 Å². The molecule has 0 bridgehead atoms. The fourth-order valence-corrected chi connectivity index (χ4v) is 6.02. The van der Waals surface area contributed by atoms with Gasteiger partial charge in [0.25, 0.3) is 0 Å². The van der Waals surface area contributed by atoms with Crippen molar-refractivity contribution in [2.24, 2.45) is 0 Å². The molecule has 0 aliphatic heterocycles. The molecule has 0 radical (unpaired) electrons. The average molecular weight is 799 g/mol. The lowest BCUT2D eigenvalue weighted by Gasteiger charge is -2.19. The first kappa shape index (κ1) is 52.6. The van der Waals surface area contributed by atoms with Gasteiger partial charge in [0, 0.05) is 12.8 Å². The van der Waals surface area contributed by atoms with Crippen LogP contribution in [-0.4, -0.2) is 74.7 Å². The normalized spacial score (nSPS) is 14.8. The van der Waals surface area contributed by atoms with Crippen molar-refractivity contribution in [3.05, 3.63) is 60.8 Å². The molecule has 5 N–H and O–H groups in total. The van der Waals surface area contributed by atoms with Crippen molar-refractivity contribution in [1.82, 2.24) is 0 Å². The molecule has 0 fully saturated rings. The monoisotopic (exact) mass is 799 g/mol. The number of carbonyl (C=O) groups is 2. The van der Waals surface area contributed by atoms with Crippen molar-refractivity contribution in [2.75, 3.05) is 13.2 Å². The van der Waals surface area contributed by atoms with Crippen LogP contribution in [0.4, 0.5) is 0 Å². The first-order valence-corrected chi connectivity index (χ1v) is 22.4. The quantitative estimate of drug-likeness (QED) is 0.0133. The maximum atomic E-state index is 12.4. The van der Waals surface area contributed by atoms with E-state index in [1.54, 1.807) is 42.5 Å². The highest BCUT2D eigenvalue weighted by Gasteiger charge is 2.23. The number of ether oxygens (including phenoxy) is 2. The third kappa shape index (κ3) is 38.3. The highest BCUT2D eigenvalue weighted by molar-refractivity contribution is 7.46. The molecule has 0 saturated carbocycles. The van der Waals surface area contributed by atoms with E-state index in [0.717, 1.165) is 25.7 Å². The molecule has 0 aromatic heterocycles. The Morgan fingerprint density at radius 3 is 1.62 bits per heavy atom. The van der Waals surface area contributed by atoms with Crippen molar-refractivity contribution in [1.29, 1.82) is 0 Å². The molecule has 318 valence electrons. The van der Waals surface area contributed by atoms with E-state index in [-0.39, 0.29) is 25.7 Å². The van der Waals surface area contributed by atoms with E-state index < -0.39 is 57.4 Å². The van der Waals surface area contributed by atoms with Gasteiger partial charge in [-0.1, -0.05) is 177 Å². The summed E-state index contributed by atoms with van der Waals surface area (Å²) in [4.78, 5) is 42.9. The van der Waals surface area contributed by atoms with Crippen molar-refractivity contribution in [2.45, 2.75) is 186 Å². The second-order valence-electron chi connectivity index (χ2n) is 14.2. The molecule has 0 spiro atoms. The van der Waals surface area contributed by atoms with Gasteiger partial charge in [-0.05, 0) is 32.1 Å². The minimum Gasteiger partial charge on any atom is -0.462 e. The minimum atomic E-state index is -4.85. The van der Waals surface area contributed by atoms with Crippen LogP contribution in [0.2, 0.25) is 0 Å². The number of phosphoric ester groups is 1. The number of hydrogen-bond donors (Lipinski definition) is 5. The molecule has 0 rings (SSSR count). The standard InChI is InChI=1S/C43H75O11P/c1-3-5-7-8-9-10-11-12-13-14-15-16-17-18-19-24-28-34-42(47)52-36-39(37-53-55(49,50)51)54-43(48)35-29-33-41(46)40(45)32-27-23-21-20-22-26-31-38(44)30-25-6-4-2/h6,20-23,25-27,31-32,38-41,44-46H,3-5,7-19,24,28-30,33-37H2,1-2H3,(H2,49,50,51)/b22-20+,23-21-,25-6-,31-26+,32-27-/t38-,39+,40+,41+/m0/s1. The zero-order chi connectivity index (χ0) is 40.8. The molecule has 0 amide bonds. The minimum absolute atomic E-state index is 0.0861. The number of allylic oxidation sites excluding steroid dienone is 7. The van der Waals surface area contributed by atoms with Crippen LogP contribution in [0.5, 0.6) is 0 Å². The Bertz CT molecular complexity index is 1130. The van der Waals surface area contributed by atoms with E-state index >= 15 is 0 Å². The van der Waals surface area contributed by atoms with E-state index in [1.165, 1.54) is 89.5 Å². The summed E-state index contributed by atoms with van der Waals surface area (Å²) in [5, 5.41) is 30.3. The van der Waals surface area contributed by atoms with Crippen LogP contribution in [-0.2, 0) is 28.2 Å². The largest absolute Gasteiger partial charge is 0.469 e. The fraction of sp³-hybridized carbons (Fsp3) is 0.721. The molecule has 55 heavy (non-hydrogen) atoms. The summed E-state index contributed by atoms with van der Waals surface area (Å²) in [6, 6.07) is 0. The molecule has 0 heterocycles. The molecule has 12 heteroatoms. The SMILES string of the molecule is CC/C=C\C[C@H](O)/C=C/C=C/C=C\C=C/[C@@H](O)[C@H](O)CCCC(=O)O[C@H](COC(=O)CCCCCCCCCCCCCCCCCCC)COP(=O)(O)O. The molecular weight excluding hydrogens is 723 g/mol. The highest BCUT2D eigenvalue weighted by atomic mass is 31.2. The number of rotatable bonds is 37. The number of carbonyl (C=O) groups excluding carboxylic acids is 2. The van der Waals surface area contributed by atoms with Gasteiger partial charge < -0.3 is 34.6 Å². The molecular formula is C43H75O11P. The van der Waals surface area contributed by atoms with Crippen molar-refractivity contribution in [3.8, 4) is 0 Å². The second-order valence-corrected chi connectivity index (χ2v) is 15.4. The molecule has 0 aromatic carbocycles. The van der Waals surface area contributed by atoms with E-state index in [4.69, 9.17) is 19.3 Å². The van der Waals surface area contributed by atoms with Crippen LogP contribution in [0.15, 0.2) is 60.8 Å². The Balaban J connectivity index is 4.24. The van der Waals surface area contributed by atoms with Crippen LogP contribution in [0, 0.1) is 0 Å². The smallest absolute Gasteiger partial charge is 0.462 e. The average Bonchev–Trinajstić information content (AvgIpc) is 3.14. The summed E-state index contributed by atoms with van der Waals surface area (Å²) in [5.41, 5.74) is 0. The summed E-state index contributed by atoms with van der Waals surface area (Å²) in [5.74, 6) is -1.22. The predicted octanol–water partition coefficient (Wildman–Crippen LogP) is 9.43. The van der Waals surface area contributed by atoms with Crippen LogP contribution in [0.1, 0.15) is 162 Å². The van der Waals surface area contributed by atoms with Gasteiger partial charge in [0.05, 0.1) is 24.9 Å². The maximum Gasteiger partial charge on any atom is 0.469 e. The molecule has 0 unspecified atom stereocenters. The lowest BCUT2D eigenvalue weighted by molar-refractivity contribution is -0.161. The van der Waals surface area contributed by atoms with Gasteiger partial charge in [0.15, 0.2) is 6.10 Å². The van der Waals surface area contributed by atoms with Crippen molar-refractivity contribution >= 4 is 19.8 Å². The van der Waals surface area contributed by atoms with Gasteiger partial charge in [-0.3, -0.25) is 14.1 Å². The predicted molar refractivity (Wildman–Crippen MR) is 220 cm³/mol. The summed E-state index contributed by atoms with van der Waals surface area (Å²) in [6.45, 7) is 3.21. The van der Waals surface area contributed by atoms with Crippen LogP contribution in [0.3, 0.4) is 0 Å². The molecule has 0 saturated heterocycles. The van der Waals surface area contributed by atoms with Crippen LogP contribution in [0.25, 0.3) is 0 Å². The summed E-state index contributed by atoms with van der Waals surface area (Å²) in [7, 11) is -4.85. The molecule has 11 nitrogen and oxygen atoms in total. The van der Waals surface area contributed by atoms with Gasteiger partial charge in [-0.2, -0.15) is 0 Å². The van der Waals surface area contributed by atoms with E-state index in [2.05, 4.69) is 11.4 Å². The second kappa shape index (κ2) is 37.2. The Hall–Kier alpha value is -2.37. The number of aliphatic hydroxyl groups is 3. The zero-order valence-electron chi connectivity index (χ0n) is 33.9.